The van der Waals surface area contributed by atoms with Gasteiger partial charge in [-0.1, -0.05) is 49.2 Å². The van der Waals surface area contributed by atoms with Gasteiger partial charge in [-0.25, -0.2) is 4.39 Å². The molecule has 1 aliphatic carbocycles. The third kappa shape index (κ3) is 3.08. The quantitative estimate of drug-likeness (QED) is 0.916. The standard InChI is InChI=1S/C18H20FNO/c19-16-12-15(18(20)10-4-5-11-18)8-9-17(16)21-13-14-6-2-1-3-7-14/h1-3,6-9,12H,4-5,10-11,13,20H2. The van der Waals surface area contributed by atoms with E-state index in [1.165, 1.54) is 6.07 Å². The summed E-state index contributed by atoms with van der Waals surface area (Å²) < 4.78 is 19.8. The van der Waals surface area contributed by atoms with E-state index in [1.807, 2.05) is 36.4 Å². The van der Waals surface area contributed by atoms with Crippen LogP contribution in [0.4, 0.5) is 4.39 Å². The molecular weight excluding hydrogens is 265 g/mol. The van der Waals surface area contributed by atoms with E-state index < -0.39 is 0 Å². The molecule has 0 amide bonds. The van der Waals surface area contributed by atoms with Crippen molar-refractivity contribution in [1.82, 2.24) is 0 Å². The monoisotopic (exact) mass is 285 g/mol. The van der Waals surface area contributed by atoms with Gasteiger partial charge in [-0.15, -0.1) is 0 Å². The fraction of sp³-hybridized carbons (Fsp3) is 0.333. The van der Waals surface area contributed by atoms with Crippen molar-refractivity contribution in [3.05, 3.63) is 65.5 Å². The van der Waals surface area contributed by atoms with E-state index in [2.05, 4.69) is 0 Å². The maximum Gasteiger partial charge on any atom is 0.165 e. The molecule has 2 aromatic carbocycles. The predicted molar refractivity (Wildman–Crippen MR) is 81.5 cm³/mol. The van der Waals surface area contributed by atoms with Gasteiger partial charge in [0.2, 0.25) is 0 Å². The summed E-state index contributed by atoms with van der Waals surface area (Å²) in [5.41, 5.74) is 7.89. The van der Waals surface area contributed by atoms with E-state index in [1.54, 1.807) is 6.07 Å². The lowest BCUT2D eigenvalue weighted by Gasteiger charge is -2.24. The second kappa shape index (κ2) is 5.86. The van der Waals surface area contributed by atoms with Gasteiger partial charge in [0, 0.05) is 5.54 Å². The van der Waals surface area contributed by atoms with Gasteiger partial charge in [0.05, 0.1) is 0 Å². The molecule has 0 bridgehead atoms. The number of hydrogen-bond donors (Lipinski definition) is 1. The van der Waals surface area contributed by atoms with Crippen LogP contribution >= 0.6 is 0 Å². The minimum atomic E-state index is -0.362. The number of ether oxygens (including phenoxy) is 1. The highest BCUT2D eigenvalue weighted by atomic mass is 19.1. The predicted octanol–water partition coefficient (Wildman–Crippen LogP) is 4.13. The Balaban J connectivity index is 1.73. The topological polar surface area (TPSA) is 35.2 Å². The van der Waals surface area contributed by atoms with E-state index in [-0.39, 0.29) is 17.1 Å². The summed E-state index contributed by atoms with van der Waals surface area (Å²) in [6.45, 7) is 0.366. The zero-order valence-electron chi connectivity index (χ0n) is 12.0. The third-order valence-electron chi connectivity index (χ3n) is 4.24. The smallest absolute Gasteiger partial charge is 0.165 e. The Labute approximate surface area is 124 Å². The van der Waals surface area contributed by atoms with Crippen molar-refractivity contribution in [3.63, 3.8) is 0 Å². The van der Waals surface area contributed by atoms with E-state index >= 15 is 0 Å². The van der Waals surface area contributed by atoms with Crippen LogP contribution in [0.15, 0.2) is 48.5 Å². The Bertz CT molecular complexity index is 606. The van der Waals surface area contributed by atoms with E-state index in [9.17, 15) is 4.39 Å². The summed E-state index contributed by atoms with van der Waals surface area (Å²) in [5, 5.41) is 0. The molecular formula is C18H20FNO. The number of benzene rings is 2. The van der Waals surface area contributed by atoms with Gasteiger partial charge < -0.3 is 10.5 Å². The van der Waals surface area contributed by atoms with E-state index in [0.717, 1.165) is 36.8 Å². The normalized spacial score (nSPS) is 16.9. The highest BCUT2D eigenvalue weighted by molar-refractivity contribution is 5.34. The number of nitrogens with two attached hydrogens (primary N) is 1. The number of rotatable bonds is 4. The van der Waals surface area contributed by atoms with Crippen LogP contribution in [0.2, 0.25) is 0 Å². The van der Waals surface area contributed by atoms with E-state index in [0.29, 0.717) is 6.61 Å². The lowest BCUT2D eigenvalue weighted by molar-refractivity contribution is 0.289. The van der Waals surface area contributed by atoms with Crippen LogP contribution < -0.4 is 10.5 Å². The summed E-state index contributed by atoms with van der Waals surface area (Å²) in [4.78, 5) is 0. The number of halogens is 1. The van der Waals surface area contributed by atoms with Crippen molar-refractivity contribution in [2.45, 2.75) is 37.8 Å². The molecule has 0 aromatic heterocycles. The fourth-order valence-electron chi connectivity index (χ4n) is 2.96. The average molecular weight is 285 g/mol. The first kappa shape index (κ1) is 14.1. The molecule has 110 valence electrons. The lowest BCUT2D eigenvalue weighted by Crippen LogP contribution is -2.33. The van der Waals surface area contributed by atoms with Crippen LogP contribution in [-0.2, 0) is 12.1 Å². The van der Waals surface area contributed by atoms with Crippen LogP contribution in [0, 0.1) is 5.82 Å². The molecule has 3 heteroatoms. The second-order valence-corrected chi connectivity index (χ2v) is 5.78. The van der Waals surface area contributed by atoms with Crippen LogP contribution in [0.1, 0.15) is 36.8 Å². The molecule has 0 saturated heterocycles. The van der Waals surface area contributed by atoms with Crippen LogP contribution in [-0.4, -0.2) is 0 Å². The molecule has 3 rings (SSSR count). The van der Waals surface area contributed by atoms with Gasteiger partial charge in [0.15, 0.2) is 11.6 Å². The fourth-order valence-corrected chi connectivity index (χ4v) is 2.96. The summed E-state index contributed by atoms with van der Waals surface area (Å²) >= 11 is 0. The summed E-state index contributed by atoms with van der Waals surface area (Å²) in [7, 11) is 0. The molecule has 0 aliphatic heterocycles. The molecule has 0 radical (unpaired) electrons. The highest BCUT2D eigenvalue weighted by Gasteiger charge is 2.31. The van der Waals surface area contributed by atoms with Gasteiger partial charge in [0.25, 0.3) is 0 Å². The van der Waals surface area contributed by atoms with Gasteiger partial charge >= 0.3 is 0 Å². The molecule has 2 nitrogen and oxygen atoms in total. The molecule has 2 aromatic rings. The molecule has 21 heavy (non-hydrogen) atoms. The minimum Gasteiger partial charge on any atom is -0.486 e. The highest BCUT2D eigenvalue weighted by Crippen LogP contribution is 2.37. The van der Waals surface area contributed by atoms with Gasteiger partial charge in [-0.3, -0.25) is 0 Å². The third-order valence-corrected chi connectivity index (χ3v) is 4.24. The first-order valence-corrected chi connectivity index (χ1v) is 7.43. The largest absolute Gasteiger partial charge is 0.486 e. The molecule has 0 unspecified atom stereocenters. The summed E-state index contributed by atoms with van der Waals surface area (Å²) in [5.74, 6) is -0.0515. The van der Waals surface area contributed by atoms with Crippen molar-refractivity contribution in [2.75, 3.05) is 0 Å². The first-order valence-electron chi connectivity index (χ1n) is 7.43. The van der Waals surface area contributed by atoms with Crippen molar-refractivity contribution in [2.24, 2.45) is 5.73 Å². The van der Waals surface area contributed by atoms with Gasteiger partial charge in [-0.2, -0.15) is 0 Å². The van der Waals surface area contributed by atoms with Gasteiger partial charge in [0.1, 0.15) is 6.61 Å². The Morgan fingerprint density at radius 1 is 1.05 bits per heavy atom. The lowest BCUT2D eigenvalue weighted by atomic mass is 9.89. The molecule has 1 saturated carbocycles. The van der Waals surface area contributed by atoms with E-state index in [4.69, 9.17) is 10.5 Å². The molecule has 0 heterocycles. The zero-order chi connectivity index (χ0) is 14.7. The first-order chi connectivity index (χ1) is 10.2. The summed E-state index contributed by atoms with van der Waals surface area (Å²) in [6.07, 6.45) is 4.09. The molecule has 2 N–H and O–H groups in total. The van der Waals surface area contributed by atoms with Crippen LogP contribution in [0.3, 0.4) is 0 Å². The van der Waals surface area contributed by atoms with Crippen molar-refractivity contribution < 1.29 is 9.13 Å². The molecule has 1 fully saturated rings. The van der Waals surface area contributed by atoms with Crippen molar-refractivity contribution >= 4 is 0 Å². The van der Waals surface area contributed by atoms with Crippen LogP contribution in [0.5, 0.6) is 5.75 Å². The molecule has 1 aliphatic rings. The van der Waals surface area contributed by atoms with Crippen molar-refractivity contribution in [1.29, 1.82) is 0 Å². The zero-order valence-corrected chi connectivity index (χ0v) is 12.0. The van der Waals surface area contributed by atoms with Crippen LogP contribution in [0.25, 0.3) is 0 Å². The maximum absolute atomic E-state index is 14.2. The number of hydrogen-bond acceptors (Lipinski definition) is 2. The van der Waals surface area contributed by atoms with Gasteiger partial charge in [-0.05, 0) is 36.1 Å². The average Bonchev–Trinajstić information content (AvgIpc) is 2.95. The SMILES string of the molecule is NC1(c2ccc(OCc3ccccc3)c(F)c2)CCCC1. The Kier molecular flexibility index (Phi) is 3.93. The minimum absolute atomic E-state index is 0.282. The molecule has 0 spiro atoms. The van der Waals surface area contributed by atoms with Crippen molar-refractivity contribution in [3.8, 4) is 5.75 Å². The molecule has 0 atom stereocenters. The summed E-state index contributed by atoms with van der Waals surface area (Å²) in [6, 6.07) is 14.9. The second-order valence-electron chi connectivity index (χ2n) is 5.78. The Morgan fingerprint density at radius 3 is 2.43 bits per heavy atom. The maximum atomic E-state index is 14.2. The Morgan fingerprint density at radius 2 is 1.76 bits per heavy atom. The Hall–Kier alpha value is -1.87.